The molecule has 0 heterocycles. The van der Waals surface area contributed by atoms with E-state index in [1.807, 2.05) is 12.1 Å². The molecule has 4 saturated carbocycles. The first-order chi connectivity index (χ1) is 28.3. The molecule has 0 N–H and O–H groups in total. The van der Waals surface area contributed by atoms with Gasteiger partial charge in [-0.2, -0.15) is 0 Å². The summed E-state index contributed by atoms with van der Waals surface area (Å²) in [7, 11) is 1.71. The van der Waals surface area contributed by atoms with Crippen molar-refractivity contribution in [2.45, 2.75) is 63.2 Å². The highest BCUT2D eigenvalue weighted by Crippen LogP contribution is 2.61. The van der Waals surface area contributed by atoms with Crippen LogP contribution in [0.4, 0.5) is 17.1 Å². The van der Waals surface area contributed by atoms with Crippen LogP contribution in [-0.4, -0.2) is 7.11 Å². The smallest absolute Gasteiger partial charge is 0.118 e. The summed E-state index contributed by atoms with van der Waals surface area (Å²) < 4.78 is 5.41. The molecule has 0 aromatic heterocycles. The minimum absolute atomic E-state index is 0.156. The van der Waals surface area contributed by atoms with E-state index in [1.54, 1.807) is 12.7 Å². The van der Waals surface area contributed by atoms with E-state index in [0.29, 0.717) is 5.41 Å². The fourth-order valence-corrected chi connectivity index (χ4v) is 12.0. The predicted molar refractivity (Wildman–Crippen MR) is 241 cm³/mol. The number of benzene rings is 7. The zero-order valence-corrected chi connectivity index (χ0v) is 33.9. The lowest BCUT2D eigenvalue weighted by atomic mass is 9.48. The van der Waals surface area contributed by atoms with Gasteiger partial charge in [-0.3, -0.25) is 0 Å². The number of rotatable bonds is 8. The van der Waals surface area contributed by atoms with Gasteiger partial charge in [-0.05, 0) is 177 Å². The summed E-state index contributed by atoms with van der Waals surface area (Å²) in [6, 6.07) is 61.0. The Balaban J connectivity index is 0.927. The standard InChI is InChI=1S/C56H51NO/c1-55(2)53-32-45(44-9-18-46(19-10-44)56-34-37-29-38(35-56)31-39(30-37)36-56)17-27-51(53)52-28-24-49(33-54(52)55)57(47-20-11-41(12-21-47)40-7-5-4-6-8-40)48-22-13-42(14-23-48)43-15-25-50(58-3)26-16-43/h4-28,32-33,37-39H,29-31,34-36H2,1-3H3. The molecule has 0 saturated heterocycles. The van der Waals surface area contributed by atoms with Crippen molar-refractivity contribution in [2.24, 2.45) is 17.8 Å². The number of anilines is 3. The number of methoxy groups -OCH3 is 1. The van der Waals surface area contributed by atoms with Gasteiger partial charge in [-0.15, -0.1) is 0 Å². The van der Waals surface area contributed by atoms with Crippen molar-refractivity contribution < 1.29 is 4.74 Å². The van der Waals surface area contributed by atoms with Crippen molar-refractivity contribution in [3.05, 3.63) is 180 Å². The van der Waals surface area contributed by atoms with Crippen LogP contribution in [0.25, 0.3) is 44.5 Å². The molecule has 0 atom stereocenters. The molecule has 58 heavy (non-hydrogen) atoms. The van der Waals surface area contributed by atoms with Crippen LogP contribution >= 0.6 is 0 Å². The first-order valence-corrected chi connectivity index (χ1v) is 21.4. The molecule has 4 fully saturated rings. The van der Waals surface area contributed by atoms with Gasteiger partial charge in [0.15, 0.2) is 0 Å². The van der Waals surface area contributed by atoms with E-state index in [2.05, 4.69) is 170 Å². The van der Waals surface area contributed by atoms with Crippen molar-refractivity contribution >= 4 is 17.1 Å². The molecular formula is C56H51NO. The molecule has 4 bridgehead atoms. The SMILES string of the molecule is COc1ccc(-c2ccc(N(c3ccc(-c4ccccc4)cc3)c3ccc4c(c3)C(C)(C)c3cc(-c5ccc(C67CC8CC(CC(C8)C6)C7)cc5)ccc3-4)cc2)cc1. The first kappa shape index (κ1) is 35.3. The summed E-state index contributed by atoms with van der Waals surface area (Å²) in [4.78, 5) is 2.41. The van der Waals surface area contributed by atoms with Crippen LogP contribution in [0, 0.1) is 17.8 Å². The van der Waals surface area contributed by atoms with Crippen LogP contribution in [0.3, 0.4) is 0 Å². The molecule has 0 spiro atoms. The Labute approximate surface area is 344 Å². The van der Waals surface area contributed by atoms with E-state index < -0.39 is 0 Å². The van der Waals surface area contributed by atoms with Crippen LogP contribution in [0.1, 0.15) is 69.1 Å². The topological polar surface area (TPSA) is 12.5 Å². The minimum atomic E-state index is -0.156. The molecule has 5 aliphatic rings. The molecule has 12 rings (SSSR count). The van der Waals surface area contributed by atoms with Crippen molar-refractivity contribution in [2.75, 3.05) is 12.0 Å². The maximum atomic E-state index is 5.41. The molecule has 0 amide bonds. The average Bonchev–Trinajstić information content (AvgIpc) is 3.49. The predicted octanol–water partition coefficient (Wildman–Crippen LogP) is 14.9. The molecule has 5 aliphatic carbocycles. The highest BCUT2D eigenvalue weighted by atomic mass is 16.5. The van der Waals surface area contributed by atoms with Crippen LogP contribution in [0.15, 0.2) is 164 Å². The van der Waals surface area contributed by atoms with Gasteiger partial charge < -0.3 is 9.64 Å². The zero-order chi connectivity index (χ0) is 39.0. The second-order valence-corrected chi connectivity index (χ2v) is 18.4. The Morgan fingerprint density at radius 1 is 0.448 bits per heavy atom. The van der Waals surface area contributed by atoms with Gasteiger partial charge in [0.25, 0.3) is 0 Å². The zero-order valence-electron chi connectivity index (χ0n) is 33.9. The van der Waals surface area contributed by atoms with E-state index >= 15 is 0 Å². The van der Waals surface area contributed by atoms with Gasteiger partial charge in [0.1, 0.15) is 5.75 Å². The average molecular weight is 754 g/mol. The number of hydrogen-bond acceptors (Lipinski definition) is 2. The minimum Gasteiger partial charge on any atom is -0.497 e. The highest BCUT2D eigenvalue weighted by Gasteiger charge is 2.51. The van der Waals surface area contributed by atoms with E-state index in [1.165, 1.54) is 94.2 Å². The molecule has 0 unspecified atom stereocenters. The normalized spacial score (nSPS) is 22.0. The van der Waals surface area contributed by atoms with Crippen LogP contribution < -0.4 is 9.64 Å². The maximum absolute atomic E-state index is 5.41. The van der Waals surface area contributed by atoms with Gasteiger partial charge >= 0.3 is 0 Å². The van der Waals surface area contributed by atoms with Crippen LogP contribution in [0.5, 0.6) is 5.75 Å². The Morgan fingerprint density at radius 2 is 0.879 bits per heavy atom. The van der Waals surface area contributed by atoms with Crippen molar-refractivity contribution in [3.63, 3.8) is 0 Å². The molecule has 286 valence electrons. The van der Waals surface area contributed by atoms with Gasteiger partial charge in [0, 0.05) is 22.5 Å². The van der Waals surface area contributed by atoms with E-state index in [0.717, 1.165) is 40.6 Å². The third kappa shape index (κ3) is 5.91. The fourth-order valence-electron chi connectivity index (χ4n) is 12.0. The quantitative estimate of drug-likeness (QED) is 0.153. The lowest BCUT2D eigenvalue weighted by Crippen LogP contribution is -2.48. The molecule has 0 radical (unpaired) electrons. The van der Waals surface area contributed by atoms with Crippen LogP contribution in [-0.2, 0) is 10.8 Å². The summed E-state index contributed by atoms with van der Waals surface area (Å²) in [5.74, 6) is 3.75. The Hall–Kier alpha value is -5.86. The highest BCUT2D eigenvalue weighted by molar-refractivity contribution is 5.88. The summed E-state index contributed by atoms with van der Waals surface area (Å²) >= 11 is 0. The van der Waals surface area contributed by atoms with Gasteiger partial charge in [0.2, 0.25) is 0 Å². The van der Waals surface area contributed by atoms with E-state index in [9.17, 15) is 0 Å². The van der Waals surface area contributed by atoms with Crippen molar-refractivity contribution in [1.82, 2.24) is 0 Å². The maximum Gasteiger partial charge on any atom is 0.118 e. The molecule has 0 aliphatic heterocycles. The Morgan fingerprint density at radius 3 is 1.43 bits per heavy atom. The summed E-state index contributed by atoms with van der Waals surface area (Å²) in [5, 5.41) is 0. The number of hydrogen-bond donors (Lipinski definition) is 0. The molecule has 2 heteroatoms. The third-order valence-corrected chi connectivity index (χ3v) is 14.6. The van der Waals surface area contributed by atoms with E-state index in [4.69, 9.17) is 4.74 Å². The second-order valence-electron chi connectivity index (χ2n) is 18.4. The third-order valence-electron chi connectivity index (χ3n) is 14.6. The largest absolute Gasteiger partial charge is 0.497 e. The Bertz CT molecular complexity index is 2580. The van der Waals surface area contributed by atoms with Crippen LogP contribution in [0.2, 0.25) is 0 Å². The molecular weight excluding hydrogens is 703 g/mol. The monoisotopic (exact) mass is 753 g/mol. The number of nitrogens with zero attached hydrogens (tertiary/aromatic N) is 1. The molecule has 7 aromatic rings. The van der Waals surface area contributed by atoms with Crippen molar-refractivity contribution in [1.29, 1.82) is 0 Å². The summed E-state index contributed by atoms with van der Waals surface area (Å²) in [6.07, 6.45) is 8.71. The van der Waals surface area contributed by atoms with Crippen molar-refractivity contribution in [3.8, 4) is 50.3 Å². The lowest BCUT2D eigenvalue weighted by molar-refractivity contribution is -0.00518. The lowest BCUT2D eigenvalue weighted by Gasteiger charge is -2.57. The fraction of sp³-hybridized carbons (Fsp3) is 0.250. The Kier molecular flexibility index (Phi) is 8.30. The first-order valence-electron chi connectivity index (χ1n) is 21.4. The second kappa shape index (κ2) is 13.6. The van der Waals surface area contributed by atoms with Gasteiger partial charge in [-0.1, -0.05) is 123 Å². The summed E-state index contributed by atoms with van der Waals surface area (Å²) in [6.45, 7) is 4.81. The molecule has 2 nitrogen and oxygen atoms in total. The van der Waals surface area contributed by atoms with Gasteiger partial charge in [0.05, 0.1) is 7.11 Å². The molecule has 7 aromatic carbocycles. The number of fused-ring (bicyclic) bond motifs is 3. The van der Waals surface area contributed by atoms with E-state index in [-0.39, 0.29) is 5.41 Å². The summed E-state index contributed by atoms with van der Waals surface area (Å²) in [5.41, 5.74) is 18.2. The van der Waals surface area contributed by atoms with Gasteiger partial charge in [-0.25, -0.2) is 0 Å². The number of ether oxygens (including phenoxy) is 1.